The molecule has 1 heterocycles. The summed E-state index contributed by atoms with van der Waals surface area (Å²) in [6.07, 6.45) is 4.90. The van der Waals surface area contributed by atoms with Crippen LogP contribution in [0.15, 0.2) is 95.9 Å². The lowest BCUT2D eigenvalue weighted by Crippen LogP contribution is -2.55. The van der Waals surface area contributed by atoms with Crippen LogP contribution in [-0.2, 0) is 32.6 Å². The van der Waals surface area contributed by atoms with Gasteiger partial charge in [0.1, 0.15) is 31.6 Å². The average Bonchev–Trinajstić information content (AvgIpc) is 3.14. The van der Waals surface area contributed by atoms with E-state index in [2.05, 4.69) is 5.32 Å². The van der Waals surface area contributed by atoms with Crippen LogP contribution < -0.4 is 19.1 Å². The number of nitrogens with zero attached hydrogens (tertiary/aromatic N) is 2. The van der Waals surface area contributed by atoms with Crippen molar-refractivity contribution < 1.29 is 31.9 Å². The molecule has 1 N–H and O–H groups in total. The number of halogens is 3. The molecule has 9 nitrogen and oxygen atoms in total. The maximum Gasteiger partial charge on any atom is 0.264 e. The summed E-state index contributed by atoms with van der Waals surface area (Å²) < 4.78 is 55.1. The van der Waals surface area contributed by atoms with Crippen molar-refractivity contribution in [3.05, 3.63) is 118 Å². The molecular weight excluding hydrogens is 716 g/mol. The second-order valence-electron chi connectivity index (χ2n) is 12.6. The number of nitrogens with one attached hydrogen (secondary N) is 1. The van der Waals surface area contributed by atoms with Crippen molar-refractivity contribution in [1.29, 1.82) is 0 Å². The Morgan fingerprint density at radius 3 is 2.24 bits per heavy atom. The van der Waals surface area contributed by atoms with Gasteiger partial charge in [-0.05, 0) is 72.5 Å². The smallest absolute Gasteiger partial charge is 0.264 e. The number of sulfonamides is 1. The molecule has 0 bridgehead atoms. The molecule has 1 saturated carbocycles. The zero-order chi connectivity index (χ0) is 36.0. The summed E-state index contributed by atoms with van der Waals surface area (Å²) in [7, 11) is -4.45. The Morgan fingerprint density at radius 1 is 0.824 bits per heavy atom. The highest BCUT2D eigenvalue weighted by atomic mass is 35.5. The average molecular weight is 755 g/mol. The first-order valence-electron chi connectivity index (χ1n) is 16.8. The zero-order valence-corrected chi connectivity index (χ0v) is 30.1. The monoisotopic (exact) mass is 753 g/mol. The number of ether oxygens (including phenoxy) is 2. The van der Waals surface area contributed by atoms with E-state index in [1.165, 1.54) is 35.2 Å². The van der Waals surface area contributed by atoms with Gasteiger partial charge in [-0.1, -0.05) is 78.9 Å². The van der Waals surface area contributed by atoms with E-state index in [0.717, 1.165) is 54.1 Å². The highest BCUT2D eigenvalue weighted by Crippen LogP contribution is 2.35. The van der Waals surface area contributed by atoms with Crippen LogP contribution in [0, 0.1) is 5.82 Å². The van der Waals surface area contributed by atoms with Crippen molar-refractivity contribution in [3.8, 4) is 11.5 Å². The Hall–Kier alpha value is -4.32. The Morgan fingerprint density at radius 2 is 1.53 bits per heavy atom. The minimum absolute atomic E-state index is 0.0437. The van der Waals surface area contributed by atoms with Gasteiger partial charge in [0.15, 0.2) is 11.5 Å². The largest absolute Gasteiger partial charge is 0.486 e. The number of benzene rings is 4. The minimum Gasteiger partial charge on any atom is -0.486 e. The van der Waals surface area contributed by atoms with Gasteiger partial charge in [-0.2, -0.15) is 0 Å². The molecule has 51 heavy (non-hydrogen) atoms. The SMILES string of the molecule is O=C(NC1CCCCC1)C(Cc1ccccc1)N(Cc1ccc(Cl)c(Cl)c1)C(=O)CN(c1ccc(F)cc1)S(=O)(=O)c1ccc2c(c1)OCCO2. The number of hydrogen-bond acceptors (Lipinski definition) is 6. The standard InChI is InChI=1S/C38H38Cl2FN3O6S/c39-32-17-11-27(21-33(32)40)24-43(34(22-26-7-3-1-4-8-26)38(46)42-29-9-5-2-6-10-29)37(45)25-44(30-14-12-28(41)13-15-30)51(47,48)31-16-18-35-36(23-31)50-20-19-49-35/h1,3-4,7-8,11-18,21,23,29,34H,2,5-6,9-10,19-20,22,24-25H2,(H,42,46). The molecular formula is C38H38Cl2FN3O6S. The number of amides is 2. The van der Waals surface area contributed by atoms with Crippen LogP contribution in [0.3, 0.4) is 0 Å². The minimum atomic E-state index is -4.45. The third kappa shape index (κ3) is 8.95. The molecule has 1 aliphatic heterocycles. The third-order valence-corrected chi connectivity index (χ3v) is 11.6. The van der Waals surface area contributed by atoms with Crippen LogP contribution in [0.4, 0.5) is 10.1 Å². The Balaban J connectivity index is 1.40. The molecule has 4 aromatic carbocycles. The predicted molar refractivity (Wildman–Crippen MR) is 194 cm³/mol. The Labute approximate surface area is 307 Å². The van der Waals surface area contributed by atoms with Gasteiger partial charge in [0.05, 0.1) is 20.6 Å². The van der Waals surface area contributed by atoms with Gasteiger partial charge in [-0.15, -0.1) is 0 Å². The molecule has 268 valence electrons. The second kappa shape index (κ2) is 16.4. The molecule has 0 spiro atoms. The van der Waals surface area contributed by atoms with E-state index in [4.69, 9.17) is 32.7 Å². The van der Waals surface area contributed by atoms with Crippen LogP contribution >= 0.6 is 23.2 Å². The molecule has 1 fully saturated rings. The van der Waals surface area contributed by atoms with Gasteiger partial charge in [-0.3, -0.25) is 13.9 Å². The lowest BCUT2D eigenvalue weighted by atomic mass is 9.94. The number of rotatable bonds is 12. The number of hydrogen-bond donors (Lipinski definition) is 1. The molecule has 1 unspecified atom stereocenters. The number of anilines is 1. The lowest BCUT2D eigenvalue weighted by Gasteiger charge is -2.35. The molecule has 0 radical (unpaired) electrons. The summed E-state index contributed by atoms with van der Waals surface area (Å²) >= 11 is 12.6. The van der Waals surface area contributed by atoms with Gasteiger partial charge < -0.3 is 19.7 Å². The first kappa shape index (κ1) is 36.5. The first-order chi connectivity index (χ1) is 24.6. The van der Waals surface area contributed by atoms with Gasteiger partial charge >= 0.3 is 0 Å². The number of carbonyl (C=O) groups excluding carboxylic acids is 2. The van der Waals surface area contributed by atoms with E-state index < -0.39 is 34.3 Å². The summed E-state index contributed by atoms with van der Waals surface area (Å²) in [4.78, 5) is 30.3. The van der Waals surface area contributed by atoms with Gasteiger partial charge in [0, 0.05) is 25.1 Å². The Bertz CT molecular complexity index is 1960. The van der Waals surface area contributed by atoms with Gasteiger partial charge in [0.25, 0.3) is 10.0 Å². The van der Waals surface area contributed by atoms with E-state index >= 15 is 0 Å². The summed E-state index contributed by atoms with van der Waals surface area (Å²) in [5.74, 6) is -0.944. The van der Waals surface area contributed by atoms with Crippen molar-refractivity contribution in [3.63, 3.8) is 0 Å². The normalized spacial score (nSPS) is 15.1. The second-order valence-corrected chi connectivity index (χ2v) is 15.3. The van der Waals surface area contributed by atoms with E-state index in [1.807, 2.05) is 30.3 Å². The maximum absolute atomic E-state index is 14.8. The van der Waals surface area contributed by atoms with Gasteiger partial charge in [-0.25, -0.2) is 12.8 Å². The summed E-state index contributed by atoms with van der Waals surface area (Å²) in [6, 6.07) is 22.2. The summed E-state index contributed by atoms with van der Waals surface area (Å²) in [6.45, 7) is -0.215. The molecule has 1 aliphatic carbocycles. The molecule has 0 saturated heterocycles. The van der Waals surface area contributed by atoms with Crippen LogP contribution in [0.25, 0.3) is 0 Å². The highest BCUT2D eigenvalue weighted by molar-refractivity contribution is 7.92. The topological polar surface area (TPSA) is 105 Å². The summed E-state index contributed by atoms with van der Waals surface area (Å²) in [5, 5.41) is 3.77. The number of fused-ring (bicyclic) bond motifs is 1. The predicted octanol–water partition coefficient (Wildman–Crippen LogP) is 7.19. The molecule has 6 rings (SSSR count). The van der Waals surface area contributed by atoms with Crippen molar-refractivity contribution in [1.82, 2.24) is 10.2 Å². The molecule has 2 amide bonds. The van der Waals surface area contributed by atoms with E-state index in [9.17, 15) is 22.4 Å². The van der Waals surface area contributed by atoms with Crippen LogP contribution in [-0.4, -0.2) is 57.0 Å². The molecule has 4 aromatic rings. The van der Waals surface area contributed by atoms with E-state index in [-0.39, 0.29) is 52.9 Å². The van der Waals surface area contributed by atoms with Crippen LogP contribution in [0.1, 0.15) is 43.2 Å². The number of carbonyl (C=O) groups is 2. The third-order valence-electron chi connectivity index (χ3n) is 9.05. The first-order valence-corrected chi connectivity index (χ1v) is 19.0. The Kier molecular flexibility index (Phi) is 11.7. The molecule has 2 aliphatic rings. The van der Waals surface area contributed by atoms with Gasteiger partial charge in [0.2, 0.25) is 11.8 Å². The lowest BCUT2D eigenvalue weighted by molar-refractivity contribution is -0.140. The zero-order valence-electron chi connectivity index (χ0n) is 27.8. The molecule has 0 aromatic heterocycles. The fraction of sp³-hybridized carbons (Fsp3) is 0.316. The maximum atomic E-state index is 14.8. The van der Waals surface area contributed by atoms with Crippen LogP contribution in [0.5, 0.6) is 11.5 Å². The van der Waals surface area contributed by atoms with Crippen molar-refractivity contribution >= 4 is 50.7 Å². The van der Waals surface area contributed by atoms with E-state index in [1.54, 1.807) is 18.2 Å². The van der Waals surface area contributed by atoms with Crippen molar-refractivity contribution in [2.45, 2.75) is 62.0 Å². The van der Waals surface area contributed by atoms with Crippen molar-refractivity contribution in [2.75, 3.05) is 24.1 Å². The van der Waals surface area contributed by atoms with Crippen molar-refractivity contribution in [2.24, 2.45) is 0 Å². The fourth-order valence-corrected chi connectivity index (χ4v) is 8.13. The van der Waals surface area contributed by atoms with Crippen LogP contribution in [0.2, 0.25) is 10.0 Å². The highest BCUT2D eigenvalue weighted by Gasteiger charge is 2.36. The fourth-order valence-electron chi connectivity index (χ4n) is 6.38. The molecule has 13 heteroatoms. The molecule has 1 atom stereocenters. The van der Waals surface area contributed by atoms with E-state index in [0.29, 0.717) is 22.9 Å². The summed E-state index contributed by atoms with van der Waals surface area (Å²) in [5.41, 5.74) is 1.46. The quantitative estimate of drug-likeness (QED) is 0.164.